The second-order valence-electron chi connectivity index (χ2n) is 6.41. The Morgan fingerprint density at radius 3 is 2.82 bits per heavy atom. The monoisotopic (exact) mass is 395 g/mol. The van der Waals surface area contributed by atoms with Crippen LogP contribution in [-0.2, 0) is 0 Å². The standard InChI is InChI=1S/C21H21N3O3S/c1-4-25-18-11-15(7-8-17(18)26-13-14(2)3)10-16(12-22)21-23-20(24-27-21)19-6-5-9-28-19/h5-11,14H,4,13H2,1-3H3/b16-10+. The van der Waals surface area contributed by atoms with Crippen LogP contribution >= 0.6 is 11.3 Å². The van der Waals surface area contributed by atoms with Gasteiger partial charge in [-0.15, -0.1) is 11.3 Å². The lowest BCUT2D eigenvalue weighted by molar-refractivity contribution is 0.248. The van der Waals surface area contributed by atoms with E-state index < -0.39 is 0 Å². The maximum atomic E-state index is 9.55. The van der Waals surface area contributed by atoms with Gasteiger partial charge in [-0.25, -0.2) is 0 Å². The van der Waals surface area contributed by atoms with Crippen molar-refractivity contribution in [3.8, 4) is 28.3 Å². The minimum atomic E-state index is 0.184. The van der Waals surface area contributed by atoms with Crippen molar-refractivity contribution in [1.29, 1.82) is 5.26 Å². The fourth-order valence-corrected chi connectivity index (χ4v) is 3.05. The number of aromatic nitrogens is 2. The lowest BCUT2D eigenvalue weighted by Gasteiger charge is -2.14. The van der Waals surface area contributed by atoms with Gasteiger partial charge in [0.2, 0.25) is 5.82 Å². The first-order valence-corrected chi connectivity index (χ1v) is 9.88. The van der Waals surface area contributed by atoms with Crippen molar-refractivity contribution >= 4 is 23.0 Å². The van der Waals surface area contributed by atoms with Gasteiger partial charge < -0.3 is 14.0 Å². The number of hydrogen-bond acceptors (Lipinski definition) is 7. The van der Waals surface area contributed by atoms with Crippen LogP contribution in [0.2, 0.25) is 0 Å². The van der Waals surface area contributed by atoms with Gasteiger partial charge >= 0.3 is 0 Å². The van der Waals surface area contributed by atoms with Crippen molar-refractivity contribution in [2.24, 2.45) is 5.92 Å². The second-order valence-corrected chi connectivity index (χ2v) is 7.36. The summed E-state index contributed by atoms with van der Waals surface area (Å²) in [7, 11) is 0. The van der Waals surface area contributed by atoms with Gasteiger partial charge in [0.15, 0.2) is 11.5 Å². The third-order valence-electron chi connectivity index (χ3n) is 3.67. The number of thiophene rings is 1. The van der Waals surface area contributed by atoms with E-state index in [0.29, 0.717) is 36.5 Å². The van der Waals surface area contributed by atoms with Crippen molar-refractivity contribution in [1.82, 2.24) is 10.1 Å². The van der Waals surface area contributed by atoms with E-state index in [0.717, 1.165) is 10.4 Å². The fourth-order valence-electron chi connectivity index (χ4n) is 2.41. The van der Waals surface area contributed by atoms with E-state index in [1.54, 1.807) is 6.08 Å². The van der Waals surface area contributed by atoms with Gasteiger partial charge in [0.05, 0.1) is 18.1 Å². The van der Waals surface area contributed by atoms with Crippen molar-refractivity contribution in [2.45, 2.75) is 20.8 Å². The summed E-state index contributed by atoms with van der Waals surface area (Å²) >= 11 is 1.51. The van der Waals surface area contributed by atoms with Gasteiger partial charge in [-0.2, -0.15) is 10.2 Å². The van der Waals surface area contributed by atoms with Crippen molar-refractivity contribution < 1.29 is 14.0 Å². The van der Waals surface area contributed by atoms with Gasteiger partial charge in [0.25, 0.3) is 5.89 Å². The lowest BCUT2D eigenvalue weighted by Crippen LogP contribution is -2.06. The first kappa shape index (κ1) is 19.6. The average molecular weight is 395 g/mol. The molecule has 0 aliphatic carbocycles. The molecule has 6 nitrogen and oxygen atoms in total. The van der Waals surface area contributed by atoms with Crippen LogP contribution < -0.4 is 9.47 Å². The molecule has 0 aliphatic heterocycles. The van der Waals surface area contributed by atoms with E-state index in [4.69, 9.17) is 14.0 Å². The number of benzene rings is 1. The first-order chi connectivity index (χ1) is 13.6. The van der Waals surface area contributed by atoms with Gasteiger partial charge in [0.1, 0.15) is 11.6 Å². The van der Waals surface area contributed by atoms with E-state index in [1.165, 1.54) is 11.3 Å². The molecule has 2 aromatic heterocycles. The van der Waals surface area contributed by atoms with Crippen LogP contribution in [0.1, 0.15) is 32.2 Å². The topological polar surface area (TPSA) is 81.2 Å². The molecule has 0 aliphatic rings. The zero-order chi connectivity index (χ0) is 19.9. The zero-order valence-corrected chi connectivity index (χ0v) is 16.8. The minimum Gasteiger partial charge on any atom is -0.490 e. The summed E-state index contributed by atoms with van der Waals surface area (Å²) in [5, 5.41) is 15.4. The predicted octanol–water partition coefficient (Wildman–Crippen LogP) is 5.30. The molecule has 0 amide bonds. The largest absolute Gasteiger partial charge is 0.490 e. The highest BCUT2D eigenvalue weighted by atomic mass is 32.1. The van der Waals surface area contributed by atoms with E-state index >= 15 is 0 Å². The van der Waals surface area contributed by atoms with Crippen LogP contribution in [0.4, 0.5) is 0 Å². The fraction of sp³-hybridized carbons (Fsp3) is 0.286. The van der Waals surface area contributed by atoms with Crippen LogP contribution in [0, 0.1) is 17.2 Å². The molecule has 1 aromatic carbocycles. The number of allylic oxidation sites excluding steroid dienone is 1. The summed E-state index contributed by atoms with van der Waals surface area (Å²) in [5.41, 5.74) is 1.07. The molecule has 144 valence electrons. The van der Waals surface area contributed by atoms with E-state index in [2.05, 4.69) is 30.1 Å². The molecule has 0 radical (unpaired) electrons. The maximum absolute atomic E-state index is 9.55. The SMILES string of the molecule is CCOc1cc(/C=C(\C#N)c2nc(-c3cccs3)no2)ccc1OCC(C)C. The number of rotatable bonds is 8. The Kier molecular flexibility index (Phi) is 6.45. The zero-order valence-electron chi connectivity index (χ0n) is 16.0. The Balaban J connectivity index is 1.87. The Hall–Kier alpha value is -3.11. The Morgan fingerprint density at radius 2 is 2.14 bits per heavy atom. The summed E-state index contributed by atoms with van der Waals surface area (Å²) in [6, 6.07) is 11.5. The molecule has 0 N–H and O–H groups in total. The smallest absolute Gasteiger partial charge is 0.268 e. The molecule has 7 heteroatoms. The molecular weight excluding hydrogens is 374 g/mol. The number of nitrogens with zero attached hydrogens (tertiary/aromatic N) is 3. The Labute approximate surface area is 168 Å². The van der Waals surface area contributed by atoms with Gasteiger partial charge in [-0.05, 0) is 48.1 Å². The van der Waals surface area contributed by atoms with Gasteiger partial charge in [-0.1, -0.05) is 31.1 Å². The molecule has 0 atom stereocenters. The highest BCUT2D eigenvalue weighted by Gasteiger charge is 2.14. The number of hydrogen-bond donors (Lipinski definition) is 0. The summed E-state index contributed by atoms with van der Waals surface area (Å²) < 4.78 is 16.8. The molecule has 28 heavy (non-hydrogen) atoms. The van der Waals surface area contributed by atoms with Crippen LogP contribution in [0.5, 0.6) is 11.5 Å². The molecule has 0 saturated carbocycles. The van der Waals surface area contributed by atoms with Crippen LogP contribution in [0.15, 0.2) is 40.2 Å². The molecule has 0 spiro atoms. The average Bonchev–Trinajstić information content (AvgIpc) is 3.37. The van der Waals surface area contributed by atoms with Crippen LogP contribution in [0.3, 0.4) is 0 Å². The predicted molar refractivity (Wildman–Crippen MR) is 109 cm³/mol. The summed E-state index contributed by atoms with van der Waals surface area (Å²) in [5.74, 6) is 2.39. The first-order valence-electron chi connectivity index (χ1n) is 9.00. The van der Waals surface area contributed by atoms with Crippen molar-refractivity contribution in [3.63, 3.8) is 0 Å². The summed E-state index contributed by atoms with van der Waals surface area (Å²) in [6.45, 7) is 7.22. The normalized spacial score (nSPS) is 11.5. The van der Waals surface area contributed by atoms with Gasteiger partial charge in [0, 0.05) is 0 Å². The number of nitriles is 1. The van der Waals surface area contributed by atoms with Crippen LogP contribution in [0.25, 0.3) is 22.4 Å². The Bertz CT molecular complexity index is 985. The molecule has 0 fully saturated rings. The van der Waals surface area contributed by atoms with Crippen molar-refractivity contribution in [2.75, 3.05) is 13.2 Å². The number of ether oxygens (including phenoxy) is 2. The van der Waals surface area contributed by atoms with E-state index in [9.17, 15) is 5.26 Å². The highest BCUT2D eigenvalue weighted by Crippen LogP contribution is 2.31. The molecule has 3 rings (SSSR count). The molecule has 2 heterocycles. The van der Waals surface area contributed by atoms with Gasteiger partial charge in [-0.3, -0.25) is 0 Å². The summed E-state index contributed by atoms with van der Waals surface area (Å²) in [6.07, 6.45) is 1.69. The van der Waals surface area contributed by atoms with Crippen LogP contribution in [-0.4, -0.2) is 23.4 Å². The molecule has 0 bridgehead atoms. The highest BCUT2D eigenvalue weighted by molar-refractivity contribution is 7.13. The molecule has 0 unspecified atom stereocenters. The minimum absolute atomic E-state index is 0.184. The second kappa shape index (κ2) is 9.20. The maximum Gasteiger partial charge on any atom is 0.268 e. The Morgan fingerprint density at radius 1 is 1.29 bits per heavy atom. The van der Waals surface area contributed by atoms with Crippen molar-refractivity contribution in [3.05, 3.63) is 47.2 Å². The molecule has 3 aromatic rings. The third-order valence-corrected chi connectivity index (χ3v) is 4.54. The van der Waals surface area contributed by atoms with E-state index in [1.807, 2.05) is 42.6 Å². The molecular formula is C21H21N3O3S. The lowest BCUT2D eigenvalue weighted by atomic mass is 10.1. The summed E-state index contributed by atoms with van der Waals surface area (Å²) in [4.78, 5) is 5.22. The third kappa shape index (κ3) is 4.78. The quantitative estimate of drug-likeness (QED) is 0.482. The van der Waals surface area contributed by atoms with E-state index in [-0.39, 0.29) is 11.5 Å². The molecule has 0 saturated heterocycles.